The van der Waals surface area contributed by atoms with E-state index in [1.54, 1.807) is 42.5 Å². The molecule has 0 radical (unpaired) electrons. The van der Waals surface area contributed by atoms with E-state index in [2.05, 4.69) is 22.2 Å². The van der Waals surface area contributed by atoms with Gasteiger partial charge < -0.3 is 0 Å². The van der Waals surface area contributed by atoms with Gasteiger partial charge in [0.25, 0.3) is 0 Å². The lowest BCUT2D eigenvalue weighted by molar-refractivity contribution is 0.558. The number of sulfonamides is 1. The Hall–Kier alpha value is -2.41. The van der Waals surface area contributed by atoms with Crippen LogP contribution in [0.4, 0.5) is 11.4 Å². The molecule has 0 aromatic heterocycles. The number of allylic oxidation sites excluding steroid dienone is 4. The van der Waals surface area contributed by atoms with Crippen LogP contribution in [0, 0.1) is 5.41 Å². The molecular weight excluding hydrogens is 408 g/mol. The second-order valence-corrected chi connectivity index (χ2v) is 9.73. The van der Waals surface area contributed by atoms with E-state index in [1.165, 1.54) is 44.9 Å². The van der Waals surface area contributed by atoms with Gasteiger partial charge in [-0.1, -0.05) is 89.0 Å². The molecule has 6 nitrogen and oxygen atoms in total. The Balaban J connectivity index is 1.75. The van der Waals surface area contributed by atoms with Crippen LogP contribution >= 0.6 is 0 Å². The van der Waals surface area contributed by atoms with Gasteiger partial charge in [-0.3, -0.25) is 15.6 Å². The second-order valence-electron chi connectivity index (χ2n) is 7.89. The monoisotopic (exact) mass is 444 g/mol. The van der Waals surface area contributed by atoms with E-state index in [0.717, 1.165) is 12.8 Å². The number of anilines is 2. The van der Waals surface area contributed by atoms with Crippen molar-refractivity contribution in [2.75, 3.05) is 15.9 Å². The molecule has 0 saturated carbocycles. The Morgan fingerprint density at radius 1 is 0.839 bits per heavy atom. The van der Waals surface area contributed by atoms with E-state index < -0.39 is 10.0 Å². The molecule has 0 fully saturated rings. The van der Waals surface area contributed by atoms with Crippen molar-refractivity contribution >= 4 is 32.8 Å². The Morgan fingerprint density at radius 3 is 2.06 bits per heavy atom. The van der Waals surface area contributed by atoms with Crippen LogP contribution in [-0.4, -0.2) is 25.6 Å². The summed E-state index contributed by atoms with van der Waals surface area (Å²) in [5.74, 6) is 0.116. The van der Waals surface area contributed by atoms with Gasteiger partial charge in [-0.25, -0.2) is 8.42 Å². The summed E-state index contributed by atoms with van der Waals surface area (Å²) in [5.41, 5.74) is 4.68. The van der Waals surface area contributed by atoms with Crippen LogP contribution < -0.4 is 10.1 Å². The summed E-state index contributed by atoms with van der Waals surface area (Å²) in [6.45, 7) is 2.23. The quantitative estimate of drug-likeness (QED) is 0.169. The molecule has 1 aromatic rings. The third kappa shape index (κ3) is 9.96. The van der Waals surface area contributed by atoms with Crippen LogP contribution in [-0.2, 0) is 10.0 Å². The zero-order chi connectivity index (χ0) is 22.4. The van der Waals surface area contributed by atoms with E-state index in [9.17, 15) is 8.42 Å². The maximum Gasteiger partial charge on any atom is 0.232 e. The van der Waals surface area contributed by atoms with Crippen LogP contribution in [0.1, 0.15) is 71.1 Å². The molecule has 3 N–H and O–H groups in total. The topological polar surface area (TPSA) is 94.4 Å². The average Bonchev–Trinajstić information content (AvgIpc) is 2.75. The molecule has 0 aliphatic heterocycles. The Bertz CT molecular complexity index is 889. The summed E-state index contributed by atoms with van der Waals surface area (Å²) in [6.07, 6.45) is 18.6. The lowest BCUT2D eigenvalue weighted by Gasteiger charge is -2.13. The number of nitrogens with zero attached hydrogens (tertiary/aromatic N) is 1. The van der Waals surface area contributed by atoms with Gasteiger partial charge in [-0.05, 0) is 30.7 Å². The molecule has 0 bridgehead atoms. The molecule has 170 valence electrons. The largest absolute Gasteiger partial charge is 0.299 e. The van der Waals surface area contributed by atoms with Crippen molar-refractivity contribution in [2.45, 2.75) is 71.1 Å². The smallest absolute Gasteiger partial charge is 0.232 e. The van der Waals surface area contributed by atoms with Crippen LogP contribution in [0.25, 0.3) is 0 Å². The molecule has 1 aromatic carbocycles. The van der Waals surface area contributed by atoms with Gasteiger partial charge in [0.2, 0.25) is 10.0 Å². The lowest BCUT2D eigenvalue weighted by atomic mass is 10.1. The highest BCUT2D eigenvalue weighted by Crippen LogP contribution is 2.23. The van der Waals surface area contributed by atoms with Crippen molar-refractivity contribution in [3.63, 3.8) is 0 Å². The van der Waals surface area contributed by atoms with Crippen molar-refractivity contribution in [2.24, 2.45) is 5.10 Å². The summed E-state index contributed by atoms with van der Waals surface area (Å²) >= 11 is 0. The van der Waals surface area contributed by atoms with Gasteiger partial charge in [0.1, 0.15) is 5.71 Å². The van der Waals surface area contributed by atoms with Gasteiger partial charge >= 0.3 is 0 Å². The molecule has 1 aliphatic carbocycles. The van der Waals surface area contributed by atoms with Crippen LogP contribution in [0.3, 0.4) is 0 Å². The summed E-state index contributed by atoms with van der Waals surface area (Å²) < 4.78 is 27.7. The third-order valence-electron chi connectivity index (χ3n) is 5.16. The Morgan fingerprint density at radius 2 is 1.42 bits per heavy atom. The van der Waals surface area contributed by atoms with E-state index in [1.807, 2.05) is 6.07 Å². The highest BCUT2D eigenvalue weighted by molar-refractivity contribution is 7.92. The lowest BCUT2D eigenvalue weighted by Crippen LogP contribution is -2.18. The van der Waals surface area contributed by atoms with Gasteiger partial charge in [0.15, 0.2) is 0 Å². The number of unbranched alkanes of at least 4 members (excludes halogenated alkanes) is 9. The molecule has 0 unspecified atom stereocenters. The first-order valence-corrected chi connectivity index (χ1v) is 13.0. The molecule has 0 saturated heterocycles. The maximum absolute atomic E-state index is 12.5. The molecule has 0 amide bonds. The van der Waals surface area contributed by atoms with E-state index in [0.29, 0.717) is 29.2 Å². The number of rotatable bonds is 15. The number of hydrogen-bond acceptors (Lipinski definition) is 5. The fourth-order valence-electron chi connectivity index (χ4n) is 3.36. The van der Waals surface area contributed by atoms with Gasteiger partial charge in [0, 0.05) is 0 Å². The molecule has 31 heavy (non-hydrogen) atoms. The summed E-state index contributed by atoms with van der Waals surface area (Å²) in [7, 11) is -3.42. The van der Waals surface area contributed by atoms with Crippen LogP contribution in [0.5, 0.6) is 0 Å². The van der Waals surface area contributed by atoms with Gasteiger partial charge in [0.05, 0.1) is 22.8 Å². The fourth-order valence-corrected chi connectivity index (χ4v) is 4.56. The van der Waals surface area contributed by atoms with Crippen molar-refractivity contribution in [1.82, 2.24) is 0 Å². The molecule has 0 spiro atoms. The molecule has 7 heteroatoms. The minimum Gasteiger partial charge on any atom is -0.299 e. The van der Waals surface area contributed by atoms with Crippen molar-refractivity contribution in [3.05, 3.63) is 48.6 Å². The number of hydrazone groups is 1. The standard InChI is InChI=1S/C24H36N4O2S/c1-2-3-4-5-6-7-8-9-10-15-20-31(29,30)28-24-19-14-13-18-23(24)27-26-22-17-12-11-16-21(22)25/h11-14,16-19,25,27-28H,2-10,15,20H2,1H3/b25-21?,26-22-. The first-order valence-electron chi connectivity index (χ1n) is 11.4. The predicted octanol–water partition coefficient (Wildman–Crippen LogP) is 6.26. The molecule has 1 aliphatic rings. The SMILES string of the molecule is CCCCCCCCCCCCS(=O)(=O)Nc1ccccc1N/N=C1/C=CC=CC1=N. The zero-order valence-electron chi connectivity index (χ0n) is 18.6. The third-order valence-corrected chi connectivity index (χ3v) is 6.52. The summed E-state index contributed by atoms with van der Waals surface area (Å²) in [6, 6.07) is 7.06. The normalized spacial score (nSPS) is 14.9. The highest BCUT2D eigenvalue weighted by Gasteiger charge is 2.13. The fraction of sp³-hybridized carbons (Fsp3) is 0.500. The summed E-state index contributed by atoms with van der Waals surface area (Å²) in [4.78, 5) is 0. The number of nitrogens with one attached hydrogen (secondary N) is 3. The van der Waals surface area contributed by atoms with Gasteiger partial charge in [-0.15, -0.1) is 0 Å². The first-order chi connectivity index (χ1) is 15.0. The minimum absolute atomic E-state index is 0.116. The van der Waals surface area contributed by atoms with Crippen molar-refractivity contribution < 1.29 is 8.42 Å². The molecular formula is C24H36N4O2S. The van der Waals surface area contributed by atoms with Crippen molar-refractivity contribution in [3.8, 4) is 0 Å². The van der Waals surface area contributed by atoms with E-state index in [-0.39, 0.29) is 5.75 Å². The summed E-state index contributed by atoms with van der Waals surface area (Å²) in [5, 5.41) is 12.1. The average molecular weight is 445 g/mol. The molecule has 0 atom stereocenters. The first kappa shape index (κ1) is 24.9. The predicted molar refractivity (Wildman–Crippen MR) is 133 cm³/mol. The number of para-hydroxylation sites is 2. The Kier molecular flexibility index (Phi) is 11.1. The molecule has 0 heterocycles. The van der Waals surface area contributed by atoms with Crippen LogP contribution in [0.15, 0.2) is 53.7 Å². The van der Waals surface area contributed by atoms with Crippen LogP contribution in [0.2, 0.25) is 0 Å². The Labute approximate surface area is 187 Å². The number of hydrogen-bond donors (Lipinski definition) is 3. The minimum atomic E-state index is -3.42. The molecule has 2 rings (SSSR count). The van der Waals surface area contributed by atoms with E-state index in [4.69, 9.17) is 5.41 Å². The van der Waals surface area contributed by atoms with Crippen molar-refractivity contribution in [1.29, 1.82) is 5.41 Å². The van der Waals surface area contributed by atoms with Gasteiger partial charge in [-0.2, -0.15) is 5.10 Å². The maximum atomic E-state index is 12.5. The zero-order valence-corrected chi connectivity index (χ0v) is 19.4. The van der Waals surface area contributed by atoms with E-state index >= 15 is 0 Å². The highest BCUT2D eigenvalue weighted by atomic mass is 32.2. The number of benzene rings is 1. The second kappa shape index (κ2) is 13.8.